The number of nitrogens with zero attached hydrogens (tertiary/aromatic N) is 2. The molecular formula is C28H36N4O3. The minimum Gasteiger partial charge on any atom is -0.378 e. The maximum atomic E-state index is 13.5. The molecule has 4 heterocycles. The minimum atomic E-state index is -0.143. The van der Waals surface area contributed by atoms with Gasteiger partial charge in [-0.3, -0.25) is 14.5 Å². The Balaban J connectivity index is 1.39. The maximum Gasteiger partial charge on any atom is 0.254 e. The van der Waals surface area contributed by atoms with Crippen molar-refractivity contribution in [3.63, 3.8) is 0 Å². The van der Waals surface area contributed by atoms with Crippen LogP contribution in [0, 0.1) is 26.7 Å². The van der Waals surface area contributed by atoms with Crippen molar-refractivity contribution in [3.05, 3.63) is 68.8 Å². The molecule has 2 aromatic heterocycles. The molecule has 2 N–H and O–H groups in total. The van der Waals surface area contributed by atoms with Crippen LogP contribution in [0.5, 0.6) is 0 Å². The number of benzene rings is 1. The van der Waals surface area contributed by atoms with Gasteiger partial charge in [-0.15, -0.1) is 0 Å². The number of piperidine rings is 1. The highest BCUT2D eigenvalue weighted by atomic mass is 16.5. The number of aryl methyl sites for hydroxylation is 2. The summed E-state index contributed by atoms with van der Waals surface area (Å²) in [6, 6.07) is 11.0. The van der Waals surface area contributed by atoms with Crippen molar-refractivity contribution >= 4 is 16.8 Å². The van der Waals surface area contributed by atoms with Gasteiger partial charge in [0.25, 0.3) is 11.5 Å². The lowest BCUT2D eigenvalue weighted by Crippen LogP contribution is -2.52. The SMILES string of the molecule is Cc1cc(C)c(CNC(=O)c2c(C)n([C@@H](C)C3CCN(C4COC4)CC3)c3ccccc23)c(=O)[nH]1. The number of aromatic nitrogens is 2. The first-order valence-corrected chi connectivity index (χ1v) is 12.7. The van der Waals surface area contributed by atoms with Crippen LogP contribution in [0.3, 0.4) is 0 Å². The number of hydrogen-bond donors (Lipinski definition) is 2. The molecule has 1 atom stereocenters. The molecule has 0 radical (unpaired) electrons. The first kappa shape index (κ1) is 23.8. The molecule has 2 aliphatic rings. The molecule has 1 aromatic carbocycles. The third-order valence-corrected chi connectivity index (χ3v) is 8.10. The molecular weight excluding hydrogens is 440 g/mol. The van der Waals surface area contributed by atoms with Gasteiger partial charge in [0.2, 0.25) is 0 Å². The molecule has 5 rings (SSSR count). The van der Waals surface area contributed by atoms with Gasteiger partial charge in [0.05, 0.1) is 24.8 Å². The summed E-state index contributed by atoms with van der Waals surface area (Å²) in [5, 5.41) is 3.99. The second-order valence-corrected chi connectivity index (χ2v) is 10.3. The van der Waals surface area contributed by atoms with Crippen molar-refractivity contribution < 1.29 is 9.53 Å². The summed E-state index contributed by atoms with van der Waals surface area (Å²) in [7, 11) is 0. The summed E-state index contributed by atoms with van der Waals surface area (Å²) >= 11 is 0. The van der Waals surface area contributed by atoms with E-state index in [0.717, 1.165) is 67.0 Å². The molecule has 0 aliphatic carbocycles. The topological polar surface area (TPSA) is 79.4 Å². The molecule has 0 saturated carbocycles. The van der Waals surface area contributed by atoms with Crippen molar-refractivity contribution in [1.29, 1.82) is 0 Å². The van der Waals surface area contributed by atoms with E-state index in [9.17, 15) is 9.59 Å². The fourth-order valence-electron chi connectivity index (χ4n) is 5.97. The van der Waals surface area contributed by atoms with Gasteiger partial charge in [-0.25, -0.2) is 0 Å². The van der Waals surface area contributed by atoms with Gasteiger partial charge in [-0.1, -0.05) is 18.2 Å². The number of hydrogen-bond acceptors (Lipinski definition) is 4. The summed E-state index contributed by atoms with van der Waals surface area (Å²) in [5.74, 6) is 0.426. The number of nitrogens with one attached hydrogen (secondary N) is 2. The zero-order valence-electron chi connectivity index (χ0n) is 21.2. The average Bonchev–Trinajstić information content (AvgIpc) is 3.09. The van der Waals surface area contributed by atoms with Gasteiger partial charge in [-0.2, -0.15) is 0 Å². The van der Waals surface area contributed by atoms with E-state index in [1.54, 1.807) is 0 Å². The number of amides is 1. The number of ether oxygens (including phenoxy) is 1. The van der Waals surface area contributed by atoms with E-state index in [1.165, 1.54) is 0 Å². The quantitative estimate of drug-likeness (QED) is 0.566. The Morgan fingerprint density at radius 1 is 1.17 bits per heavy atom. The summed E-state index contributed by atoms with van der Waals surface area (Å²) in [5.41, 5.74) is 4.96. The molecule has 35 heavy (non-hydrogen) atoms. The average molecular weight is 477 g/mol. The zero-order chi connectivity index (χ0) is 24.7. The monoisotopic (exact) mass is 476 g/mol. The van der Waals surface area contributed by atoms with Gasteiger partial charge in [0, 0.05) is 40.4 Å². The van der Waals surface area contributed by atoms with E-state index in [2.05, 4.69) is 39.7 Å². The molecule has 2 fully saturated rings. The number of aromatic amines is 1. The Kier molecular flexibility index (Phi) is 6.55. The normalized spacial score (nSPS) is 18.5. The fourth-order valence-corrected chi connectivity index (χ4v) is 5.97. The van der Waals surface area contributed by atoms with E-state index >= 15 is 0 Å². The highest BCUT2D eigenvalue weighted by Crippen LogP contribution is 2.36. The second kappa shape index (κ2) is 9.63. The third-order valence-electron chi connectivity index (χ3n) is 8.10. The van der Waals surface area contributed by atoms with Gasteiger partial charge in [0.15, 0.2) is 0 Å². The predicted molar refractivity (Wildman–Crippen MR) is 138 cm³/mol. The Labute approximate surface area is 206 Å². The molecule has 2 saturated heterocycles. The number of likely N-dealkylation sites (tertiary alicyclic amines) is 1. The van der Waals surface area contributed by atoms with Gasteiger partial charge < -0.3 is 19.6 Å². The Bertz CT molecular complexity index is 1300. The van der Waals surface area contributed by atoms with Crippen LogP contribution in [0.2, 0.25) is 0 Å². The Morgan fingerprint density at radius 2 is 1.89 bits per heavy atom. The number of para-hydroxylation sites is 1. The Hall–Kier alpha value is -2.90. The molecule has 7 nitrogen and oxygen atoms in total. The minimum absolute atomic E-state index is 0.135. The van der Waals surface area contributed by atoms with E-state index in [-0.39, 0.29) is 18.0 Å². The number of rotatable bonds is 6. The van der Waals surface area contributed by atoms with Crippen molar-refractivity contribution in [3.8, 4) is 0 Å². The number of pyridine rings is 1. The van der Waals surface area contributed by atoms with Gasteiger partial charge in [0.1, 0.15) is 0 Å². The third kappa shape index (κ3) is 4.43. The van der Waals surface area contributed by atoms with Crippen LogP contribution in [-0.2, 0) is 11.3 Å². The highest BCUT2D eigenvalue weighted by molar-refractivity contribution is 6.08. The number of carbonyl (C=O) groups is 1. The summed E-state index contributed by atoms with van der Waals surface area (Å²) in [6.07, 6.45) is 2.31. The fraction of sp³-hybridized carbons (Fsp3) is 0.500. The summed E-state index contributed by atoms with van der Waals surface area (Å²) in [6.45, 7) is 12.3. The van der Waals surface area contributed by atoms with Crippen LogP contribution in [0.4, 0.5) is 0 Å². The number of carbonyl (C=O) groups excluding carboxylic acids is 1. The van der Waals surface area contributed by atoms with Crippen molar-refractivity contribution in [2.24, 2.45) is 5.92 Å². The standard InChI is InChI=1S/C28H36N4O3/c1-17-13-18(2)30-27(33)24(17)14-29-28(34)26-20(4)32(25-8-6-5-7-23(25)26)19(3)21-9-11-31(12-10-21)22-15-35-16-22/h5-8,13,19,21-22H,9-12,14-16H2,1-4H3,(H,29,34)(H,30,33)/t19-/m0/s1. The maximum absolute atomic E-state index is 13.5. The molecule has 0 bridgehead atoms. The van der Waals surface area contributed by atoms with E-state index in [0.29, 0.717) is 29.1 Å². The largest absolute Gasteiger partial charge is 0.378 e. The van der Waals surface area contributed by atoms with Crippen LogP contribution in [0.25, 0.3) is 10.9 Å². The second-order valence-electron chi connectivity index (χ2n) is 10.3. The summed E-state index contributed by atoms with van der Waals surface area (Å²) < 4.78 is 7.75. The molecule has 3 aromatic rings. The van der Waals surface area contributed by atoms with Crippen LogP contribution in [-0.4, -0.2) is 52.7 Å². The first-order valence-electron chi connectivity index (χ1n) is 12.7. The zero-order valence-corrected chi connectivity index (χ0v) is 21.2. The van der Waals surface area contributed by atoms with E-state index in [1.807, 2.05) is 38.1 Å². The predicted octanol–water partition coefficient (Wildman–Crippen LogP) is 3.86. The van der Waals surface area contributed by atoms with Crippen LogP contribution >= 0.6 is 0 Å². The van der Waals surface area contributed by atoms with Crippen LogP contribution < -0.4 is 10.9 Å². The van der Waals surface area contributed by atoms with Gasteiger partial charge in [-0.05, 0) is 77.2 Å². The lowest BCUT2D eigenvalue weighted by atomic mass is 9.89. The molecule has 0 unspecified atom stereocenters. The van der Waals surface area contributed by atoms with Crippen LogP contribution in [0.1, 0.15) is 58.7 Å². The van der Waals surface area contributed by atoms with E-state index in [4.69, 9.17) is 4.74 Å². The number of H-pyrrole nitrogens is 1. The van der Waals surface area contributed by atoms with Crippen LogP contribution in [0.15, 0.2) is 35.1 Å². The van der Waals surface area contributed by atoms with Crippen molar-refractivity contribution in [1.82, 2.24) is 19.8 Å². The first-order chi connectivity index (χ1) is 16.8. The van der Waals surface area contributed by atoms with Crippen molar-refractivity contribution in [2.45, 2.75) is 59.2 Å². The van der Waals surface area contributed by atoms with E-state index < -0.39 is 0 Å². The molecule has 186 valence electrons. The number of fused-ring (bicyclic) bond motifs is 1. The Morgan fingerprint density at radius 3 is 2.54 bits per heavy atom. The summed E-state index contributed by atoms with van der Waals surface area (Å²) in [4.78, 5) is 31.3. The lowest BCUT2D eigenvalue weighted by Gasteiger charge is -2.43. The highest BCUT2D eigenvalue weighted by Gasteiger charge is 2.33. The molecule has 2 aliphatic heterocycles. The lowest BCUT2D eigenvalue weighted by molar-refractivity contribution is -0.0752. The van der Waals surface area contributed by atoms with Gasteiger partial charge >= 0.3 is 0 Å². The van der Waals surface area contributed by atoms with Crippen molar-refractivity contribution in [2.75, 3.05) is 26.3 Å². The smallest absolute Gasteiger partial charge is 0.254 e. The molecule has 1 amide bonds. The molecule has 0 spiro atoms. The molecule has 7 heteroatoms.